The highest BCUT2D eigenvalue weighted by molar-refractivity contribution is 7.92. The van der Waals surface area contributed by atoms with Crippen LogP contribution in [0.2, 0.25) is 0 Å². The van der Waals surface area contributed by atoms with Crippen molar-refractivity contribution in [3.63, 3.8) is 0 Å². The number of imide groups is 1. The van der Waals surface area contributed by atoms with Crippen molar-refractivity contribution < 1.29 is 27.2 Å². The van der Waals surface area contributed by atoms with Crippen molar-refractivity contribution in [2.24, 2.45) is 0 Å². The minimum Gasteiger partial charge on any atom is -0.373 e. The molecule has 180 valence electrons. The maximum Gasteiger partial charge on any atom is 0.333 e. The quantitative estimate of drug-likeness (QED) is 0.233. The van der Waals surface area contributed by atoms with E-state index in [0.29, 0.717) is 16.0 Å². The Morgan fingerprint density at radius 2 is 1.91 bits per heavy atom. The molecule has 0 fully saturated rings. The van der Waals surface area contributed by atoms with Crippen LogP contribution in [-0.4, -0.2) is 39.1 Å². The molecule has 2 aromatic carbocycles. The molecular formula is C22H18FN5O5S2. The molecular weight excluding hydrogens is 497 g/mol. The lowest BCUT2D eigenvalue weighted by Crippen LogP contribution is -2.43. The smallest absolute Gasteiger partial charge is 0.333 e. The maximum absolute atomic E-state index is 14.9. The molecule has 3 aromatic rings. The highest BCUT2D eigenvalue weighted by Crippen LogP contribution is 2.30. The fraction of sp³-hybridized carbons (Fsp3) is 0.0909. The van der Waals surface area contributed by atoms with Gasteiger partial charge in [0, 0.05) is 23.9 Å². The second-order valence-electron chi connectivity index (χ2n) is 7.37. The molecule has 13 heteroatoms. The zero-order chi connectivity index (χ0) is 25.3. The average Bonchev–Trinajstić information content (AvgIpc) is 3.35. The largest absolute Gasteiger partial charge is 0.373 e. The first kappa shape index (κ1) is 24.0. The molecule has 0 radical (unpaired) electrons. The van der Waals surface area contributed by atoms with Gasteiger partial charge in [-0.25, -0.2) is 27.2 Å². The third kappa shape index (κ3) is 4.76. The number of carbonyl (C=O) groups excluding carboxylic acids is 3. The number of nitrogens with zero attached hydrogens (tertiary/aromatic N) is 1. The SMILES string of the molecule is CNC(=N)c1ccc2c(c1)CC(=O)N(c1ccc(NC(=O)NS(=O)(=O)c3cccs3)cc1F)C2=O. The summed E-state index contributed by atoms with van der Waals surface area (Å²) >= 11 is 0.924. The van der Waals surface area contributed by atoms with Gasteiger partial charge in [-0.05, 0) is 47.3 Å². The van der Waals surface area contributed by atoms with Crippen molar-refractivity contribution in [3.05, 3.63) is 76.4 Å². The Kier molecular flexibility index (Phi) is 6.37. The standard InChI is InChI=1S/C22H18FN5O5S2/c1-25-20(24)12-4-6-15-13(9-12)10-18(29)28(21(15)30)17-7-5-14(11-16(17)23)26-22(31)27-35(32,33)19-3-2-8-34-19/h2-9,11H,10H2,1H3,(H2,24,25)(H2,26,27,31). The Labute approximate surface area is 203 Å². The summed E-state index contributed by atoms with van der Waals surface area (Å²) < 4.78 is 40.9. The lowest BCUT2D eigenvalue weighted by atomic mass is 9.95. The summed E-state index contributed by atoms with van der Waals surface area (Å²) in [5.74, 6) is -2.23. The van der Waals surface area contributed by atoms with Gasteiger partial charge in [0.05, 0.1) is 12.1 Å². The summed E-state index contributed by atoms with van der Waals surface area (Å²) in [6.45, 7) is 0. The van der Waals surface area contributed by atoms with Gasteiger partial charge in [-0.2, -0.15) is 0 Å². The zero-order valence-corrected chi connectivity index (χ0v) is 19.7. The number of halogens is 1. The molecule has 0 unspecified atom stereocenters. The fourth-order valence-corrected chi connectivity index (χ4v) is 5.38. The molecule has 4 N–H and O–H groups in total. The van der Waals surface area contributed by atoms with E-state index in [9.17, 15) is 27.2 Å². The fourth-order valence-electron chi connectivity index (χ4n) is 3.48. The van der Waals surface area contributed by atoms with Crippen LogP contribution in [0.3, 0.4) is 0 Å². The van der Waals surface area contributed by atoms with Gasteiger partial charge in [-0.3, -0.25) is 15.0 Å². The van der Waals surface area contributed by atoms with Crippen LogP contribution >= 0.6 is 11.3 Å². The number of carbonyl (C=O) groups is 3. The van der Waals surface area contributed by atoms with E-state index in [0.717, 1.165) is 23.5 Å². The second-order valence-corrected chi connectivity index (χ2v) is 10.2. The van der Waals surface area contributed by atoms with Crippen LogP contribution in [0.1, 0.15) is 21.5 Å². The van der Waals surface area contributed by atoms with E-state index < -0.39 is 33.7 Å². The van der Waals surface area contributed by atoms with Gasteiger partial charge in [0.15, 0.2) is 0 Å². The number of amidine groups is 1. The highest BCUT2D eigenvalue weighted by Gasteiger charge is 2.34. The normalized spacial score (nSPS) is 13.3. The number of hydrogen-bond acceptors (Lipinski definition) is 7. The van der Waals surface area contributed by atoms with Gasteiger partial charge in [0.25, 0.3) is 15.9 Å². The molecule has 0 spiro atoms. The van der Waals surface area contributed by atoms with E-state index in [-0.39, 0.29) is 33.4 Å². The first-order chi connectivity index (χ1) is 16.6. The molecule has 4 amide bonds. The van der Waals surface area contributed by atoms with Crippen LogP contribution in [0.4, 0.5) is 20.6 Å². The van der Waals surface area contributed by atoms with E-state index in [2.05, 4.69) is 10.6 Å². The number of benzene rings is 2. The predicted molar refractivity (Wildman–Crippen MR) is 128 cm³/mol. The van der Waals surface area contributed by atoms with Crippen molar-refractivity contribution in [1.29, 1.82) is 5.41 Å². The topological polar surface area (TPSA) is 149 Å². The Balaban J connectivity index is 1.53. The summed E-state index contributed by atoms with van der Waals surface area (Å²) in [5, 5.41) is 14.3. The van der Waals surface area contributed by atoms with Gasteiger partial charge >= 0.3 is 6.03 Å². The van der Waals surface area contributed by atoms with Gasteiger partial charge in [0.2, 0.25) is 5.91 Å². The molecule has 0 saturated heterocycles. The van der Waals surface area contributed by atoms with E-state index >= 15 is 0 Å². The van der Waals surface area contributed by atoms with Crippen molar-refractivity contribution in [2.45, 2.75) is 10.6 Å². The number of amides is 4. The number of hydrogen-bond donors (Lipinski definition) is 4. The molecule has 2 heterocycles. The number of anilines is 2. The number of thiophene rings is 1. The Bertz CT molecular complexity index is 1470. The van der Waals surface area contributed by atoms with Crippen LogP contribution < -0.4 is 20.3 Å². The van der Waals surface area contributed by atoms with Crippen LogP contribution in [0.15, 0.2) is 58.1 Å². The van der Waals surface area contributed by atoms with Gasteiger partial charge < -0.3 is 10.6 Å². The molecule has 0 atom stereocenters. The summed E-state index contributed by atoms with van der Waals surface area (Å²) in [7, 11) is -2.50. The monoisotopic (exact) mass is 515 g/mol. The van der Waals surface area contributed by atoms with Crippen molar-refractivity contribution >= 4 is 56.4 Å². The summed E-state index contributed by atoms with van der Waals surface area (Å²) in [6.07, 6.45) is -0.172. The highest BCUT2D eigenvalue weighted by atomic mass is 32.2. The number of sulfonamides is 1. The first-order valence-electron chi connectivity index (χ1n) is 10.0. The Morgan fingerprint density at radius 1 is 1.14 bits per heavy atom. The third-order valence-corrected chi connectivity index (χ3v) is 7.83. The molecule has 10 nitrogen and oxygen atoms in total. The average molecular weight is 516 g/mol. The van der Waals surface area contributed by atoms with Crippen LogP contribution in [0.25, 0.3) is 0 Å². The number of nitrogens with one attached hydrogen (secondary N) is 4. The Morgan fingerprint density at radius 3 is 2.57 bits per heavy atom. The van der Waals surface area contributed by atoms with E-state index in [1.165, 1.54) is 29.6 Å². The predicted octanol–water partition coefficient (Wildman–Crippen LogP) is 2.67. The molecule has 1 aliphatic rings. The van der Waals surface area contributed by atoms with Gasteiger partial charge in [0.1, 0.15) is 15.9 Å². The van der Waals surface area contributed by atoms with Gasteiger partial charge in [-0.15, -0.1) is 11.3 Å². The lowest BCUT2D eigenvalue weighted by molar-refractivity contribution is -0.117. The van der Waals surface area contributed by atoms with Crippen LogP contribution in [-0.2, 0) is 21.2 Å². The minimum atomic E-state index is -4.08. The van der Waals surface area contributed by atoms with Crippen LogP contribution in [0.5, 0.6) is 0 Å². The summed E-state index contributed by atoms with van der Waals surface area (Å²) in [5.41, 5.74) is 0.738. The van der Waals surface area contributed by atoms with Crippen molar-refractivity contribution in [2.75, 3.05) is 17.3 Å². The number of fused-ring (bicyclic) bond motifs is 1. The van der Waals surface area contributed by atoms with Crippen molar-refractivity contribution in [1.82, 2.24) is 10.0 Å². The summed E-state index contributed by atoms with van der Waals surface area (Å²) in [4.78, 5) is 38.5. The maximum atomic E-state index is 14.9. The Hall–Kier alpha value is -4.10. The molecule has 0 saturated carbocycles. The van der Waals surface area contributed by atoms with E-state index in [4.69, 9.17) is 5.41 Å². The number of urea groups is 1. The summed E-state index contributed by atoms with van der Waals surface area (Å²) in [6, 6.07) is 9.58. The van der Waals surface area contributed by atoms with E-state index in [1.54, 1.807) is 19.2 Å². The zero-order valence-electron chi connectivity index (χ0n) is 18.1. The second kappa shape index (κ2) is 9.27. The van der Waals surface area contributed by atoms with Crippen molar-refractivity contribution in [3.8, 4) is 0 Å². The molecule has 0 aliphatic carbocycles. The third-order valence-electron chi connectivity index (χ3n) is 5.10. The molecule has 35 heavy (non-hydrogen) atoms. The molecule has 4 rings (SSSR count). The van der Waals surface area contributed by atoms with Crippen LogP contribution in [0, 0.1) is 11.2 Å². The minimum absolute atomic E-state index is 0.0634. The first-order valence-corrected chi connectivity index (χ1v) is 12.4. The van der Waals surface area contributed by atoms with E-state index in [1.807, 2.05) is 4.72 Å². The molecule has 0 bridgehead atoms. The lowest BCUT2D eigenvalue weighted by Gasteiger charge is -2.27. The number of rotatable bonds is 5. The molecule has 1 aromatic heterocycles. The van der Waals surface area contributed by atoms with Gasteiger partial charge in [-0.1, -0.05) is 12.1 Å². The molecule has 1 aliphatic heterocycles.